The lowest BCUT2D eigenvalue weighted by atomic mass is 10.1. The van der Waals surface area contributed by atoms with Crippen LogP contribution in [0.4, 0.5) is 14.5 Å². The van der Waals surface area contributed by atoms with Gasteiger partial charge in [-0.25, -0.2) is 8.78 Å². The van der Waals surface area contributed by atoms with Gasteiger partial charge in [-0.2, -0.15) is 0 Å². The molecule has 0 amide bonds. The highest BCUT2D eigenvalue weighted by Gasteiger charge is 2.15. The van der Waals surface area contributed by atoms with Gasteiger partial charge in [-0.1, -0.05) is 24.3 Å². The third-order valence-corrected chi connectivity index (χ3v) is 4.45. The van der Waals surface area contributed by atoms with Crippen molar-refractivity contribution in [2.24, 2.45) is 4.99 Å². The lowest BCUT2D eigenvalue weighted by Crippen LogP contribution is -2.37. The van der Waals surface area contributed by atoms with Crippen LogP contribution in [0.5, 0.6) is 0 Å². The fourth-order valence-corrected chi connectivity index (χ4v) is 2.95. The van der Waals surface area contributed by atoms with Crippen LogP contribution in [0, 0.1) is 11.6 Å². The number of rotatable bonds is 5. The molecule has 0 aliphatic carbocycles. The molecule has 1 aliphatic heterocycles. The molecule has 152 valence electrons. The number of hydrogen-bond donors (Lipinski definition) is 2. The number of nitrogens with one attached hydrogen (secondary N) is 2. The Hall–Kier alpha value is -1.94. The van der Waals surface area contributed by atoms with E-state index in [2.05, 4.69) is 15.6 Å². The number of hydrogen-bond acceptors (Lipinski definition) is 3. The SMILES string of the molecule is CN=C(NCc1ccc(N2CCOCC2)c(F)c1)NCc1ccccc1F.I. The standard InChI is InChI=1S/C20H24F2N4O.HI/c1-23-20(25-14-16-4-2-3-5-17(16)21)24-13-15-6-7-19(18(22)12-15)26-8-10-27-11-9-26;/h2-7,12H,8-11,13-14H2,1H3,(H2,23,24,25);1H. The fourth-order valence-electron chi connectivity index (χ4n) is 2.95. The van der Waals surface area contributed by atoms with Crippen LogP contribution in [-0.2, 0) is 17.8 Å². The van der Waals surface area contributed by atoms with E-state index in [0.717, 1.165) is 5.56 Å². The number of aliphatic imine (C=N–C) groups is 1. The Morgan fingerprint density at radius 1 is 1.04 bits per heavy atom. The van der Waals surface area contributed by atoms with Gasteiger partial charge >= 0.3 is 0 Å². The Morgan fingerprint density at radius 2 is 1.75 bits per heavy atom. The van der Waals surface area contributed by atoms with E-state index in [1.165, 1.54) is 12.1 Å². The molecule has 0 radical (unpaired) electrons. The smallest absolute Gasteiger partial charge is 0.191 e. The number of guanidine groups is 1. The summed E-state index contributed by atoms with van der Waals surface area (Å²) in [5.74, 6) is 0.0163. The molecule has 1 heterocycles. The van der Waals surface area contributed by atoms with Gasteiger partial charge in [-0.15, -0.1) is 24.0 Å². The summed E-state index contributed by atoms with van der Waals surface area (Å²) >= 11 is 0. The highest BCUT2D eigenvalue weighted by Crippen LogP contribution is 2.21. The van der Waals surface area contributed by atoms with Gasteiger partial charge in [0.1, 0.15) is 11.6 Å². The Labute approximate surface area is 181 Å². The van der Waals surface area contributed by atoms with E-state index in [0.29, 0.717) is 56.6 Å². The van der Waals surface area contributed by atoms with Crippen molar-refractivity contribution in [3.05, 3.63) is 65.2 Å². The zero-order chi connectivity index (χ0) is 19.1. The van der Waals surface area contributed by atoms with E-state index in [1.54, 1.807) is 31.3 Å². The number of morpholine rings is 1. The van der Waals surface area contributed by atoms with Crippen LogP contribution in [-0.4, -0.2) is 39.3 Å². The van der Waals surface area contributed by atoms with Crippen LogP contribution in [0.25, 0.3) is 0 Å². The van der Waals surface area contributed by atoms with Crippen molar-refractivity contribution in [2.75, 3.05) is 38.3 Å². The normalized spacial score (nSPS) is 14.4. The Balaban J connectivity index is 0.00000280. The second-order valence-electron chi connectivity index (χ2n) is 6.26. The highest BCUT2D eigenvalue weighted by molar-refractivity contribution is 14.0. The quantitative estimate of drug-likeness (QED) is 0.375. The molecule has 0 unspecified atom stereocenters. The molecule has 0 aromatic heterocycles. The van der Waals surface area contributed by atoms with Crippen molar-refractivity contribution < 1.29 is 13.5 Å². The van der Waals surface area contributed by atoms with Gasteiger partial charge in [0, 0.05) is 38.8 Å². The topological polar surface area (TPSA) is 48.9 Å². The number of anilines is 1. The van der Waals surface area contributed by atoms with E-state index >= 15 is 0 Å². The van der Waals surface area contributed by atoms with Gasteiger partial charge in [0.25, 0.3) is 0 Å². The van der Waals surface area contributed by atoms with Gasteiger partial charge in [-0.3, -0.25) is 4.99 Å². The molecule has 3 rings (SSSR count). The van der Waals surface area contributed by atoms with Crippen molar-refractivity contribution in [3.8, 4) is 0 Å². The number of halogens is 3. The largest absolute Gasteiger partial charge is 0.378 e. The van der Waals surface area contributed by atoms with E-state index < -0.39 is 0 Å². The molecule has 1 saturated heterocycles. The molecular weight excluding hydrogens is 477 g/mol. The first-order valence-electron chi connectivity index (χ1n) is 8.96. The highest BCUT2D eigenvalue weighted by atomic mass is 127. The molecular formula is C20H25F2IN4O. The first-order chi connectivity index (χ1) is 13.2. The average molecular weight is 502 g/mol. The summed E-state index contributed by atoms with van der Waals surface area (Å²) in [6, 6.07) is 11.8. The molecule has 1 fully saturated rings. The summed E-state index contributed by atoms with van der Waals surface area (Å²) in [5.41, 5.74) is 1.96. The Kier molecular flexibility index (Phi) is 8.91. The molecule has 5 nitrogen and oxygen atoms in total. The first-order valence-corrected chi connectivity index (χ1v) is 8.96. The van der Waals surface area contributed by atoms with Crippen LogP contribution in [0.15, 0.2) is 47.5 Å². The molecule has 8 heteroatoms. The van der Waals surface area contributed by atoms with Crippen LogP contribution in [0.1, 0.15) is 11.1 Å². The van der Waals surface area contributed by atoms with Gasteiger partial charge in [0.2, 0.25) is 0 Å². The van der Waals surface area contributed by atoms with E-state index in [-0.39, 0.29) is 35.6 Å². The van der Waals surface area contributed by atoms with Crippen LogP contribution in [0.2, 0.25) is 0 Å². The predicted octanol–water partition coefficient (Wildman–Crippen LogP) is 3.28. The van der Waals surface area contributed by atoms with Crippen molar-refractivity contribution in [2.45, 2.75) is 13.1 Å². The molecule has 28 heavy (non-hydrogen) atoms. The minimum absolute atomic E-state index is 0. The summed E-state index contributed by atoms with van der Waals surface area (Å²) in [6.45, 7) is 3.36. The van der Waals surface area contributed by atoms with E-state index in [1.807, 2.05) is 11.0 Å². The van der Waals surface area contributed by atoms with Crippen LogP contribution >= 0.6 is 24.0 Å². The van der Waals surface area contributed by atoms with Crippen molar-refractivity contribution in [1.82, 2.24) is 10.6 Å². The van der Waals surface area contributed by atoms with Crippen LogP contribution < -0.4 is 15.5 Å². The van der Waals surface area contributed by atoms with E-state index in [4.69, 9.17) is 4.74 Å². The lowest BCUT2D eigenvalue weighted by molar-refractivity contribution is 0.122. The molecule has 2 aromatic rings. The predicted molar refractivity (Wildman–Crippen MR) is 118 cm³/mol. The average Bonchev–Trinajstić information content (AvgIpc) is 2.70. The van der Waals surface area contributed by atoms with Crippen molar-refractivity contribution in [3.63, 3.8) is 0 Å². The van der Waals surface area contributed by atoms with E-state index in [9.17, 15) is 8.78 Å². The Morgan fingerprint density at radius 3 is 2.43 bits per heavy atom. The summed E-state index contributed by atoms with van der Waals surface area (Å²) in [7, 11) is 1.64. The van der Waals surface area contributed by atoms with Crippen molar-refractivity contribution in [1.29, 1.82) is 0 Å². The molecule has 0 spiro atoms. The Bertz CT molecular complexity index is 798. The lowest BCUT2D eigenvalue weighted by Gasteiger charge is -2.29. The first kappa shape index (κ1) is 22.4. The van der Waals surface area contributed by atoms with Gasteiger partial charge < -0.3 is 20.3 Å². The number of nitrogens with zero attached hydrogens (tertiary/aromatic N) is 2. The molecule has 1 aliphatic rings. The zero-order valence-corrected chi connectivity index (χ0v) is 18.1. The fraction of sp³-hybridized carbons (Fsp3) is 0.350. The van der Waals surface area contributed by atoms with Crippen LogP contribution in [0.3, 0.4) is 0 Å². The minimum Gasteiger partial charge on any atom is -0.378 e. The number of ether oxygens (including phenoxy) is 1. The van der Waals surface area contributed by atoms with Gasteiger partial charge in [-0.05, 0) is 23.8 Å². The molecule has 2 N–H and O–H groups in total. The summed E-state index contributed by atoms with van der Waals surface area (Å²) in [5, 5.41) is 6.18. The van der Waals surface area contributed by atoms with Gasteiger partial charge in [0.05, 0.1) is 18.9 Å². The number of benzene rings is 2. The molecule has 2 aromatic carbocycles. The summed E-state index contributed by atoms with van der Waals surface area (Å²) < 4.78 is 33.4. The minimum atomic E-state index is -0.263. The third-order valence-electron chi connectivity index (χ3n) is 4.45. The molecule has 0 saturated carbocycles. The maximum absolute atomic E-state index is 14.5. The second-order valence-corrected chi connectivity index (χ2v) is 6.26. The summed E-state index contributed by atoms with van der Waals surface area (Å²) in [4.78, 5) is 6.11. The molecule has 0 bridgehead atoms. The monoisotopic (exact) mass is 502 g/mol. The second kappa shape index (κ2) is 11.2. The third kappa shape index (κ3) is 6.03. The molecule has 0 atom stereocenters. The van der Waals surface area contributed by atoms with Crippen molar-refractivity contribution >= 4 is 35.6 Å². The van der Waals surface area contributed by atoms with Gasteiger partial charge in [0.15, 0.2) is 5.96 Å². The maximum atomic E-state index is 14.5. The maximum Gasteiger partial charge on any atom is 0.191 e. The zero-order valence-electron chi connectivity index (χ0n) is 15.8. The summed E-state index contributed by atoms with van der Waals surface area (Å²) in [6.07, 6.45) is 0.